The highest BCUT2D eigenvalue weighted by Gasteiger charge is 2.35. The number of amides is 1. The van der Waals surface area contributed by atoms with Crippen LogP contribution < -0.4 is 20.1 Å². The number of halogens is 7. The van der Waals surface area contributed by atoms with E-state index in [0.29, 0.717) is 5.52 Å². The summed E-state index contributed by atoms with van der Waals surface area (Å²) >= 11 is 0. The van der Waals surface area contributed by atoms with Crippen LogP contribution in [0.25, 0.3) is 22.2 Å². The molecular weight excluding hydrogens is 697 g/mol. The number of alkyl halides is 3. The zero-order valence-corrected chi connectivity index (χ0v) is 26.5. The predicted octanol–water partition coefficient (Wildman–Crippen LogP) is 6.34. The molecule has 260 valence electrons. The fraction of sp³-hybridized carbons (Fsp3) is 0.156. The maximum atomic E-state index is 14.6. The second kappa shape index (κ2) is 13.7. The molecule has 50 heavy (non-hydrogen) atoms. The third-order valence-corrected chi connectivity index (χ3v) is 8.69. The Hall–Kier alpha value is -5.67. The minimum absolute atomic E-state index is 0.0833. The third-order valence-electron chi connectivity index (χ3n) is 7.30. The molecule has 1 heterocycles. The highest BCUT2D eigenvalue weighted by atomic mass is 32.2. The topological polar surface area (TPSA) is 138 Å². The molecule has 1 aromatic heterocycles. The van der Waals surface area contributed by atoms with Crippen LogP contribution in [0.15, 0.2) is 65.8 Å². The molecule has 18 heteroatoms. The zero-order valence-electron chi connectivity index (χ0n) is 25.7. The van der Waals surface area contributed by atoms with Crippen LogP contribution in [-0.2, 0) is 23.2 Å². The number of hydrogen-bond acceptors (Lipinski definition) is 7. The van der Waals surface area contributed by atoms with Gasteiger partial charge in [0.05, 0.1) is 28.6 Å². The van der Waals surface area contributed by atoms with E-state index in [0.717, 1.165) is 30.3 Å². The van der Waals surface area contributed by atoms with Crippen molar-refractivity contribution >= 4 is 38.3 Å². The van der Waals surface area contributed by atoms with Crippen LogP contribution >= 0.6 is 0 Å². The zero-order chi connectivity index (χ0) is 36.5. The average molecular weight is 721 g/mol. The van der Waals surface area contributed by atoms with Gasteiger partial charge in [0.2, 0.25) is 0 Å². The smallest absolute Gasteiger partial charge is 0.417 e. The Morgan fingerprint density at radius 3 is 2.34 bits per heavy atom. The quantitative estimate of drug-likeness (QED) is 0.0870. The summed E-state index contributed by atoms with van der Waals surface area (Å²) in [6.45, 7) is 0.0816. The lowest BCUT2D eigenvalue weighted by Crippen LogP contribution is -2.21. The van der Waals surface area contributed by atoms with Crippen LogP contribution in [0.5, 0.6) is 5.75 Å². The van der Waals surface area contributed by atoms with Crippen molar-refractivity contribution in [2.75, 3.05) is 30.2 Å². The van der Waals surface area contributed by atoms with Gasteiger partial charge < -0.3 is 19.9 Å². The van der Waals surface area contributed by atoms with E-state index in [9.17, 15) is 43.9 Å². The maximum absolute atomic E-state index is 14.6. The van der Waals surface area contributed by atoms with Gasteiger partial charge >= 0.3 is 6.18 Å². The first kappa shape index (κ1) is 35.6. The molecule has 0 saturated heterocycles. The molecule has 3 N–H and O–H groups in total. The molecular formula is C32H23F7N6O4S. The van der Waals surface area contributed by atoms with Crippen molar-refractivity contribution in [2.45, 2.75) is 11.1 Å². The van der Waals surface area contributed by atoms with Crippen molar-refractivity contribution in [3.8, 4) is 22.9 Å². The van der Waals surface area contributed by atoms with Gasteiger partial charge in [-0.3, -0.25) is 9.52 Å². The number of ether oxygens (including phenoxy) is 1. The fourth-order valence-corrected chi connectivity index (χ4v) is 6.10. The minimum Gasteiger partial charge on any atom is -0.490 e. The molecule has 0 aliphatic carbocycles. The Kier molecular flexibility index (Phi) is 9.75. The fourth-order valence-electron chi connectivity index (χ4n) is 4.89. The summed E-state index contributed by atoms with van der Waals surface area (Å²) in [6.07, 6.45) is -3.35. The van der Waals surface area contributed by atoms with Crippen LogP contribution in [-0.4, -0.2) is 44.1 Å². The highest BCUT2D eigenvalue weighted by molar-refractivity contribution is 7.92. The lowest BCUT2D eigenvalue weighted by atomic mass is 9.98. The molecule has 4 aromatic carbocycles. The van der Waals surface area contributed by atoms with E-state index in [2.05, 4.69) is 15.6 Å². The van der Waals surface area contributed by atoms with Crippen molar-refractivity contribution in [3.05, 3.63) is 101 Å². The van der Waals surface area contributed by atoms with Crippen LogP contribution in [0, 0.1) is 34.6 Å². The summed E-state index contributed by atoms with van der Waals surface area (Å²) in [5.74, 6) is -10.3. The van der Waals surface area contributed by atoms with Gasteiger partial charge in [0.1, 0.15) is 24.0 Å². The summed E-state index contributed by atoms with van der Waals surface area (Å²) in [7, 11) is -2.29. The number of anilines is 2. The van der Waals surface area contributed by atoms with Gasteiger partial charge in [-0.15, -0.1) is 0 Å². The Balaban J connectivity index is 1.47. The van der Waals surface area contributed by atoms with E-state index in [1.807, 2.05) is 0 Å². The Labute approximate surface area is 279 Å². The SMILES string of the molecule is CNCCOc1cc(C(=O)Nc2cccc(-c3cc4ncn(C)c4cc3C(F)(F)F)c2)ccc1NS(=O)(=O)c1c(F)c(F)c(C#N)c(F)c1F. The molecule has 5 aromatic rings. The van der Waals surface area contributed by atoms with Gasteiger partial charge in [0, 0.05) is 24.8 Å². The lowest BCUT2D eigenvalue weighted by Gasteiger charge is -2.17. The van der Waals surface area contributed by atoms with E-state index >= 15 is 0 Å². The number of carbonyl (C=O) groups excluding carboxylic acids is 1. The van der Waals surface area contributed by atoms with Crippen molar-refractivity contribution in [3.63, 3.8) is 0 Å². The van der Waals surface area contributed by atoms with Crippen molar-refractivity contribution in [1.29, 1.82) is 5.26 Å². The lowest BCUT2D eigenvalue weighted by molar-refractivity contribution is -0.137. The summed E-state index contributed by atoms with van der Waals surface area (Å²) in [5, 5.41) is 14.1. The number of fused-ring (bicyclic) bond motifs is 1. The molecule has 0 unspecified atom stereocenters. The molecule has 0 aliphatic heterocycles. The van der Waals surface area contributed by atoms with Gasteiger partial charge in [-0.05, 0) is 60.6 Å². The number of sulfonamides is 1. The predicted molar refractivity (Wildman–Crippen MR) is 167 cm³/mol. The Morgan fingerprint density at radius 2 is 1.70 bits per heavy atom. The monoisotopic (exact) mass is 720 g/mol. The second-order valence-corrected chi connectivity index (χ2v) is 12.2. The Morgan fingerprint density at radius 1 is 1.00 bits per heavy atom. The molecule has 0 spiro atoms. The number of aryl methyl sites for hydroxylation is 1. The van der Waals surface area contributed by atoms with Crippen LogP contribution in [0.4, 0.5) is 42.1 Å². The largest absolute Gasteiger partial charge is 0.490 e. The van der Waals surface area contributed by atoms with Gasteiger partial charge in [0.25, 0.3) is 15.9 Å². The summed E-state index contributed by atoms with van der Waals surface area (Å²) in [4.78, 5) is 15.4. The molecule has 0 fully saturated rings. The molecule has 10 nitrogen and oxygen atoms in total. The van der Waals surface area contributed by atoms with Gasteiger partial charge in [-0.2, -0.15) is 18.4 Å². The summed E-state index contributed by atoms with van der Waals surface area (Å²) < 4.78 is 135. The maximum Gasteiger partial charge on any atom is 0.417 e. The van der Waals surface area contributed by atoms with E-state index in [4.69, 9.17) is 10.00 Å². The number of aromatic nitrogens is 2. The van der Waals surface area contributed by atoms with Crippen molar-refractivity contribution < 1.29 is 48.7 Å². The van der Waals surface area contributed by atoms with Gasteiger partial charge in [-0.25, -0.2) is 31.0 Å². The van der Waals surface area contributed by atoms with Crippen LogP contribution in [0.1, 0.15) is 21.5 Å². The molecule has 0 bridgehead atoms. The average Bonchev–Trinajstić information content (AvgIpc) is 3.43. The number of nitrogens with one attached hydrogen (secondary N) is 3. The normalized spacial score (nSPS) is 11.8. The molecule has 0 saturated carbocycles. The molecule has 0 aliphatic rings. The minimum atomic E-state index is -5.41. The number of carbonyl (C=O) groups is 1. The number of nitrogens with zero attached hydrogens (tertiary/aromatic N) is 3. The third kappa shape index (κ3) is 6.91. The van der Waals surface area contributed by atoms with Crippen molar-refractivity contribution in [1.82, 2.24) is 14.9 Å². The number of rotatable bonds is 10. The number of imidazole rings is 1. The second-order valence-electron chi connectivity index (χ2n) is 10.6. The number of benzene rings is 4. The van der Waals surface area contributed by atoms with Crippen molar-refractivity contribution in [2.24, 2.45) is 7.05 Å². The first-order valence-electron chi connectivity index (χ1n) is 14.2. The molecule has 0 atom stereocenters. The molecule has 1 amide bonds. The van der Waals surface area contributed by atoms with E-state index in [1.54, 1.807) is 18.8 Å². The Bertz CT molecular complexity index is 2270. The van der Waals surface area contributed by atoms with Crippen LogP contribution in [0.3, 0.4) is 0 Å². The van der Waals surface area contributed by atoms with Gasteiger partial charge in [0.15, 0.2) is 28.2 Å². The first-order chi connectivity index (χ1) is 23.6. The highest BCUT2D eigenvalue weighted by Crippen LogP contribution is 2.40. The molecule has 0 radical (unpaired) electrons. The van der Waals surface area contributed by atoms with E-state index in [1.165, 1.54) is 41.2 Å². The number of hydrogen-bond donors (Lipinski definition) is 3. The summed E-state index contributed by atoms with van der Waals surface area (Å²) in [6, 6.07) is 11.8. The number of likely N-dealkylation sites (N-methyl/N-ethyl adjacent to an activating group) is 1. The first-order valence-corrected chi connectivity index (χ1v) is 15.7. The van der Waals surface area contributed by atoms with E-state index < -0.39 is 67.1 Å². The van der Waals surface area contributed by atoms with E-state index in [-0.39, 0.29) is 46.8 Å². The molecule has 5 rings (SSSR count). The standard InChI is InChI=1S/C32H23F7N6O4S/c1-41-8-9-49-25-11-17(6-7-22(25)44-50(47,48)30-28(35)26(33)20(14-40)27(34)29(30)36)31(46)43-18-5-3-4-16(10-18)19-12-23-24(45(2)15-42-23)13-21(19)32(37,38)39/h3-7,10-13,15,41,44H,8-9H2,1-2H3,(H,43,46). The van der Waals surface area contributed by atoms with Crippen LogP contribution in [0.2, 0.25) is 0 Å². The summed E-state index contributed by atoms with van der Waals surface area (Å²) in [5.41, 5.74) is -2.66. The number of nitriles is 1. The van der Waals surface area contributed by atoms with Gasteiger partial charge in [-0.1, -0.05) is 12.1 Å².